The Hall–Kier alpha value is -3.26. The summed E-state index contributed by atoms with van der Waals surface area (Å²) >= 11 is 0. The van der Waals surface area contributed by atoms with Crippen molar-refractivity contribution in [3.8, 4) is 33.4 Å². The van der Waals surface area contributed by atoms with Gasteiger partial charge in [0.05, 0.1) is 0 Å². The summed E-state index contributed by atoms with van der Waals surface area (Å²) in [6, 6.07) is 27.0. The van der Waals surface area contributed by atoms with E-state index in [9.17, 15) is 4.39 Å². The number of halogens is 2. The second kappa shape index (κ2) is 9.91. The normalized spacial score (nSPS) is 11.0. The van der Waals surface area contributed by atoms with Crippen LogP contribution in [-0.4, -0.2) is 0 Å². The lowest BCUT2D eigenvalue weighted by molar-refractivity contribution is 0.514. The van der Waals surface area contributed by atoms with Gasteiger partial charge in [-0.1, -0.05) is 110 Å². The van der Waals surface area contributed by atoms with E-state index < -0.39 is 11.6 Å². The molecule has 0 N–H and O–H groups in total. The van der Waals surface area contributed by atoms with Crippen molar-refractivity contribution in [1.29, 1.82) is 0 Å². The predicted molar refractivity (Wildman–Crippen MR) is 131 cm³/mol. The first-order valence-electron chi connectivity index (χ1n) is 11.3. The van der Waals surface area contributed by atoms with Crippen LogP contribution < -0.4 is 0 Å². The van der Waals surface area contributed by atoms with E-state index in [4.69, 9.17) is 0 Å². The van der Waals surface area contributed by atoms with E-state index in [1.54, 1.807) is 12.1 Å². The first-order chi connectivity index (χ1) is 15.6. The van der Waals surface area contributed by atoms with Crippen molar-refractivity contribution in [3.05, 3.63) is 108 Å². The number of unbranched alkanes of at least 4 members (excludes halogenated alkanes) is 2. The molecule has 0 atom stereocenters. The zero-order valence-corrected chi connectivity index (χ0v) is 18.7. The van der Waals surface area contributed by atoms with Gasteiger partial charge >= 0.3 is 0 Å². The van der Waals surface area contributed by atoms with E-state index in [0.717, 1.165) is 24.0 Å². The van der Waals surface area contributed by atoms with E-state index in [1.807, 2.05) is 48.5 Å². The summed E-state index contributed by atoms with van der Waals surface area (Å²) in [6.07, 6.45) is 4.55. The average molecular weight is 427 g/mol. The van der Waals surface area contributed by atoms with Crippen LogP contribution in [0.5, 0.6) is 0 Å². The largest absolute Gasteiger partial charge is 0.203 e. The zero-order valence-electron chi connectivity index (χ0n) is 18.7. The highest BCUT2D eigenvalue weighted by atomic mass is 19.2. The Morgan fingerprint density at radius 1 is 0.531 bits per heavy atom. The summed E-state index contributed by atoms with van der Waals surface area (Å²) < 4.78 is 30.0. The topological polar surface area (TPSA) is 0 Å². The molecule has 0 aromatic heterocycles. The molecule has 0 nitrogen and oxygen atoms in total. The van der Waals surface area contributed by atoms with Crippen molar-refractivity contribution in [2.24, 2.45) is 0 Å². The molecule has 32 heavy (non-hydrogen) atoms. The molecule has 0 aliphatic carbocycles. The molecule has 0 aliphatic rings. The summed E-state index contributed by atoms with van der Waals surface area (Å²) in [7, 11) is 0. The number of hydrogen-bond donors (Lipinski definition) is 0. The minimum Gasteiger partial charge on any atom is -0.203 e. The highest BCUT2D eigenvalue weighted by Gasteiger charge is 2.16. The summed E-state index contributed by atoms with van der Waals surface area (Å²) in [5.41, 5.74) is 6.51. The molecule has 0 radical (unpaired) electrons. The van der Waals surface area contributed by atoms with E-state index in [0.29, 0.717) is 16.7 Å². The van der Waals surface area contributed by atoms with Crippen LogP contribution in [-0.2, 0) is 6.42 Å². The van der Waals surface area contributed by atoms with Gasteiger partial charge in [-0.25, -0.2) is 8.78 Å². The summed E-state index contributed by atoms with van der Waals surface area (Å²) in [6.45, 7) is 4.23. The van der Waals surface area contributed by atoms with Crippen LogP contribution in [0.4, 0.5) is 8.78 Å². The monoisotopic (exact) mass is 426 g/mol. The Morgan fingerprint density at radius 2 is 0.969 bits per heavy atom. The maximum absolute atomic E-state index is 15.0. The molecule has 162 valence electrons. The first-order valence-corrected chi connectivity index (χ1v) is 11.3. The van der Waals surface area contributed by atoms with Crippen molar-refractivity contribution in [3.63, 3.8) is 0 Å². The van der Waals surface area contributed by atoms with Crippen molar-refractivity contribution >= 4 is 0 Å². The van der Waals surface area contributed by atoms with Gasteiger partial charge in [0.2, 0.25) is 0 Å². The van der Waals surface area contributed by atoms with Gasteiger partial charge in [-0.2, -0.15) is 0 Å². The fraction of sp³-hybridized carbons (Fsp3) is 0.200. The Morgan fingerprint density at radius 3 is 1.47 bits per heavy atom. The van der Waals surface area contributed by atoms with E-state index >= 15 is 4.39 Å². The number of aryl methyl sites for hydroxylation is 2. The lowest BCUT2D eigenvalue weighted by Gasteiger charge is -2.11. The molecule has 4 aromatic carbocycles. The van der Waals surface area contributed by atoms with E-state index in [2.05, 4.69) is 38.1 Å². The lowest BCUT2D eigenvalue weighted by atomic mass is 9.96. The van der Waals surface area contributed by atoms with Crippen molar-refractivity contribution in [2.45, 2.75) is 39.5 Å². The highest BCUT2D eigenvalue weighted by molar-refractivity contribution is 5.74. The van der Waals surface area contributed by atoms with Crippen molar-refractivity contribution in [1.82, 2.24) is 0 Å². The third-order valence-corrected chi connectivity index (χ3v) is 6.00. The van der Waals surface area contributed by atoms with Crippen LogP contribution in [0, 0.1) is 18.6 Å². The summed E-state index contributed by atoms with van der Waals surface area (Å²) in [5, 5.41) is 0. The SMILES string of the molecule is CCCCCc1ccc(-c2ccc(-c3ccc(-c4ccc(C)cc4)cc3)c(F)c2F)cc1. The maximum atomic E-state index is 15.0. The minimum atomic E-state index is -0.808. The molecule has 0 fully saturated rings. The Kier molecular flexibility index (Phi) is 6.80. The van der Waals surface area contributed by atoms with Crippen LogP contribution >= 0.6 is 0 Å². The minimum absolute atomic E-state index is 0.276. The summed E-state index contributed by atoms with van der Waals surface area (Å²) in [4.78, 5) is 0. The molecule has 0 saturated carbocycles. The molecule has 0 saturated heterocycles. The third-order valence-electron chi connectivity index (χ3n) is 6.00. The van der Waals surface area contributed by atoms with Gasteiger partial charge in [-0.15, -0.1) is 0 Å². The molecule has 2 heteroatoms. The van der Waals surface area contributed by atoms with Crippen LogP contribution in [0.3, 0.4) is 0 Å². The van der Waals surface area contributed by atoms with Crippen LogP contribution in [0.15, 0.2) is 84.9 Å². The van der Waals surface area contributed by atoms with E-state index in [1.165, 1.54) is 24.0 Å². The van der Waals surface area contributed by atoms with Gasteiger partial charge < -0.3 is 0 Å². The highest BCUT2D eigenvalue weighted by Crippen LogP contribution is 2.33. The quantitative estimate of drug-likeness (QED) is 0.259. The molecule has 0 heterocycles. The predicted octanol–water partition coefficient (Wildman–Crippen LogP) is 9.01. The molecule has 0 amide bonds. The maximum Gasteiger partial charge on any atom is 0.167 e. The number of benzene rings is 4. The standard InChI is InChI=1S/C30H28F2/c1-3-4-5-6-22-9-13-25(14-10-22)27-19-20-28(30(32)29(27)31)26-17-15-24(16-18-26)23-11-7-21(2)8-12-23/h7-20H,3-6H2,1-2H3. The van der Waals surface area contributed by atoms with Crippen molar-refractivity contribution in [2.75, 3.05) is 0 Å². The number of hydrogen-bond acceptors (Lipinski definition) is 0. The smallest absolute Gasteiger partial charge is 0.167 e. The van der Waals surface area contributed by atoms with Gasteiger partial charge in [0.15, 0.2) is 11.6 Å². The van der Waals surface area contributed by atoms with E-state index in [-0.39, 0.29) is 5.56 Å². The van der Waals surface area contributed by atoms with Gasteiger partial charge in [-0.05, 0) is 47.6 Å². The zero-order chi connectivity index (χ0) is 22.5. The second-order valence-corrected chi connectivity index (χ2v) is 8.39. The molecule has 0 aliphatic heterocycles. The first kappa shape index (κ1) is 22.0. The molecule has 0 bridgehead atoms. The van der Waals surface area contributed by atoms with Crippen LogP contribution in [0.25, 0.3) is 33.4 Å². The van der Waals surface area contributed by atoms with Gasteiger partial charge in [0.1, 0.15) is 0 Å². The van der Waals surface area contributed by atoms with Crippen LogP contribution in [0.2, 0.25) is 0 Å². The van der Waals surface area contributed by atoms with Crippen LogP contribution in [0.1, 0.15) is 37.3 Å². The molecule has 0 unspecified atom stereocenters. The summed E-state index contributed by atoms with van der Waals surface area (Å²) in [5.74, 6) is -1.61. The number of rotatable bonds is 7. The Labute approximate surface area is 189 Å². The molecule has 4 rings (SSSR count). The molecular weight excluding hydrogens is 398 g/mol. The third kappa shape index (κ3) is 4.80. The molecule has 4 aromatic rings. The van der Waals surface area contributed by atoms with Gasteiger partial charge in [-0.3, -0.25) is 0 Å². The fourth-order valence-electron chi connectivity index (χ4n) is 4.01. The van der Waals surface area contributed by atoms with Gasteiger partial charge in [0.25, 0.3) is 0 Å². The molecule has 0 spiro atoms. The fourth-order valence-corrected chi connectivity index (χ4v) is 4.01. The van der Waals surface area contributed by atoms with Gasteiger partial charge in [0, 0.05) is 11.1 Å². The Balaban J connectivity index is 1.57. The molecular formula is C30H28F2. The van der Waals surface area contributed by atoms with Crippen molar-refractivity contribution < 1.29 is 8.78 Å². The second-order valence-electron chi connectivity index (χ2n) is 8.39. The lowest BCUT2D eigenvalue weighted by Crippen LogP contribution is -1.94. The Bertz CT molecular complexity index is 1170. The average Bonchev–Trinajstić information content (AvgIpc) is 2.82.